The van der Waals surface area contributed by atoms with Crippen LogP contribution in [0, 0.1) is 0 Å². The minimum absolute atomic E-state index is 0.0875. The van der Waals surface area contributed by atoms with Crippen molar-refractivity contribution in [3.05, 3.63) is 29.3 Å². The summed E-state index contributed by atoms with van der Waals surface area (Å²) < 4.78 is 29.9. The van der Waals surface area contributed by atoms with Gasteiger partial charge in [0.1, 0.15) is 5.75 Å². The van der Waals surface area contributed by atoms with Crippen molar-refractivity contribution in [1.29, 1.82) is 0 Å². The van der Waals surface area contributed by atoms with Crippen molar-refractivity contribution >= 4 is 5.97 Å². The topological polar surface area (TPSA) is 46.5 Å². The Morgan fingerprint density at radius 1 is 1.44 bits per heavy atom. The van der Waals surface area contributed by atoms with E-state index in [9.17, 15) is 13.6 Å². The molecule has 0 aliphatic rings. The number of aliphatic carboxylic acids is 1. The maximum atomic E-state index is 12.5. The minimum Gasteiger partial charge on any atom is -0.497 e. The van der Waals surface area contributed by atoms with E-state index in [2.05, 4.69) is 0 Å². The summed E-state index contributed by atoms with van der Waals surface area (Å²) in [5.41, 5.74) is 0.386. The van der Waals surface area contributed by atoms with Gasteiger partial charge in [0.2, 0.25) is 0 Å². The largest absolute Gasteiger partial charge is 0.497 e. The number of rotatable bonds is 5. The van der Waals surface area contributed by atoms with Crippen LogP contribution >= 0.6 is 0 Å². The van der Waals surface area contributed by atoms with Crippen molar-refractivity contribution in [3.8, 4) is 5.75 Å². The second kappa shape index (κ2) is 5.44. The number of ether oxygens (including phenoxy) is 1. The summed E-state index contributed by atoms with van der Waals surface area (Å²) in [5, 5.41) is 8.50. The number of alkyl halides is 2. The van der Waals surface area contributed by atoms with Crippen LogP contribution in [0.4, 0.5) is 8.78 Å². The highest BCUT2D eigenvalue weighted by Crippen LogP contribution is 2.25. The number of carbonyl (C=O) groups is 1. The van der Waals surface area contributed by atoms with Crippen LogP contribution in [0.1, 0.15) is 24.0 Å². The van der Waals surface area contributed by atoms with Crippen LogP contribution in [0.2, 0.25) is 0 Å². The highest BCUT2D eigenvalue weighted by atomic mass is 19.3. The standard InChI is InChI=1S/C11H12F2O3/c1-16-9-5-7(2-3-10(14)15)4-8(6-9)11(12)13/h4-6,11H,2-3H2,1H3,(H,14,15). The fraction of sp³-hybridized carbons (Fsp3) is 0.364. The van der Waals surface area contributed by atoms with Crippen molar-refractivity contribution in [2.45, 2.75) is 19.3 Å². The van der Waals surface area contributed by atoms with Crippen LogP contribution in [0.3, 0.4) is 0 Å². The lowest BCUT2D eigenvalue weighted by molar-refractivity contribution is -0.136. The first-order valence-corrected chi connectivity index (χ1v) is 4.70. The molecule has 0 spiro atoms. The highest BCUT2D eigenvalue weighted by Gasteiger charge is 2.11. The number of benzene rings is 1. The SMILES string of the molecule is COc1cc(CCC(=O)O)cc(C(F)F)c1. The Kier molecular flexibility index (Phi) is 4.22. The lowest BCUT2D eigenvalue weighted by Crippen LogP contribution is -1.99. The summed E-state index contributed by atoms with van der Waals surface area (Å²) in [4.78, 5) is 10.4. The molecular weight excluding hydrogens is 218 g/mol. The molecule has 0 atom stereocenters. The fourth-order valence-electron chi connectivity index (χ4n) is 1.33. The molecule has 1 aromatic carbocycles. The zero-order valence-corrected chi connectivity index (χ0v) is 8.74. The third kappa shape index (κ3) is 3.49. The second-order valence-electron chi connectivity index (χ2n) is 3.31. The van der Waals surface area contributed by atoms with Crippen LogP contribution in [0.15, 0.2) is 18.2 Å². The molecule has 0 aliphatic heterocycles. The quantitative estimate of drug-likeness (QED) is 0.845. The molecule has 1 N–H and O–H groups in total. The predicted octanol–water partition coefficient (Wildman–Crippen LogP) is 2.65. The Morgan fingerprint density at radius 2 is 2.12 bits per heavy atom. The van der Waals surface area contributed by atoms with Crippen LogP contribution in [0.25, 0.3) is 0 Å². The Hall–Kier alpha value is -1.65. The number of methoxy groups -OCH3 is 1. The maximum Gasteiger partial charge on any atom is 0.303 e. The van der Waals surface area contributed by atoms with Gasteiger partial charge in [0.25, 0.3) is 6.43 Å². The van der Waals surface area contributed by atoms with E-state index < -0.39 is 12.4 Å². The van der Waals surface area contributed by atoms with Crippen molar-refractivity contribution in [2.75, 3.05) is 7.11 Å². The maximum absolute atomic E-state index is 12.5. The highest BCUT2D eigenvalue weighted by molar-refractivity contribution is 5.67. The Bertz CT molecular complexity index is 377. The third-order valence-electron chi connectivity index (χ3n) is 2.10. The Balaban J connectivity index is 2.90. The summed E-state index contributed by atoms with van der Waals surface area (Å²) >= 11 is 0. The van der Waals surface area contributed by atoms with Gasteiger partial charge in [-0.1, -0.05) is 0 Å². The molecule has 0 aromatic heterocycles. The van der Waals surface area contributed by atoms with Crippen molar-refractivity contribution in [1.82, 2.24) is 0 Å². The second-order valence-corrected chi connectivity index (χ2v) is 3.31. The van der Waals surface area contributed by atoms with Gasteiger partial charge in [-0.25, -0.2) is 8.78 Å². The Morgan fingerprint density at radius 3 is 2.62 bits per heavy atom. The zero-order valence-electron chi connectivity index (χ0n) is 8.74. The molecule has 0 amide bonds. The molecule has 0 bridgehead atoms. The molecule has 0 fully saturated rings. The molecule has 3 nitrogen and oxygen atoms in total. The van der Waals surface area contributed by atoms with E-state index in [1.807, 2.05) is 0 Å². The summed E-state index contributed by atoms with van der Waals surface area (Å²) in [5.74, 6) is -0.639. The number of hydrogen-bond acceptors (Lipinski definition) is 2. The lowest BCUT2D eigenvalue weighted by atomic mass is 10.1. The van der Waals surface area contributed by atoms with Gasteiger partial charge in [0, 0.05) is 12.0 Å². The van der Waals surface area contributed by atoms with Gasteiger partial charge in [-0.05, 0) is 30.2 Å². The fourth-order valence-corrected chi connectivity index (χ4v) is 1.33. The van der Waals surface area contributed by atoms with Gasteiger partial charge in [0.05, 0.1) is 7.11 Å². The number of carboxylic acids is 1. The van der Waals surface area contributed by atoms with Crippen molar-refractivity contribution in [2.24, 2.45) is 0 Å². The van der Waals surface area contributed by atoms with Crippen molar-refractivity contribution in [3.63, 3.8) is 0 Å². The minimum atomic E-state index is -2.58. The molecule has 0 radical (unpaired) electrons. The summed E-state index contributed by atoms with van der Waals surface area (Å²) in [6, 6.07) is 4.11. The lowest BCUT2D eigenvalue weighted by Gasteiger charge is -2.07. The van der Waals surface area contributed by atoms with E-state index in [4.69, 9.17) is 9.84 Å². The number of carboxylic acid groups (broad SMARTS) is 1. The number of hydrogen-bond donors (Lipinski definition) is 1. The number of aryl methyl sites for hydroxylation is 1. The van der Waals surface area contributed by atoms with E-state index >= 15 is 0 Å². The van der Waals surface area contributed by atoms with E-state index in [1.165, 1.54) is 19.2 Å². The van der Waals surface area contributed by atoms with Gasteiger partial charge in [-0.2, -0.15) is 0 Å². The predicted molar refractivity (Wildman–Crippen MR) is 53.9 cm³/mol. The van der Waals surface area contributed by atoms with Crippen LogP contribution in [-0.2, 0) is 11.2 Å². The van der Waals surface area contributed by atoms with Gasteiger partial charge in [-0.3, -0.25) is 4.79 Å². The monoisotopic (exact) mass is 230 g/mol. The average molecular weight is 230 g/mol. The first-order chi connectivity index (χ1) is 7.52. The molecule has 0 saturated carbocycles. The summed E-state index contributed by atoms with van der Waals surface area (Å²) in [6.07, 6.45) is -2.46. The Labute approximate surface area is 91.7 Å². The van der Waals surface area contributed by atoms with Gasteiger partial charge >= 0.3 is 5.97 Å². The zero-order chi connectivity index (χ0) is 12.1. The summed E-state index contributed by atoms with van der Waals surface area (Å²) in [6.45, 7) is 0. The van der Waals surface area contributed by atoms with Crippen LogP contribution in [-0.4, -0.2) is 18.2 Å². The van der Waals surface area contributed by atoms with E-state index in [0.29, 0.717) is 11.3 Å². The first-order valence-electron chi connectivity index (χ1n) is 4.70. The van der Waals surface area contributed by atoms with Gasteiger partial charge in [0.15, 0.2) is 0 Å². The van der Waals surface area contributed by atoms with Crippen molar-refractivity contribution < 1.29 is 23.4 Å². The summed E-state index contributed by atoms with van der Waals surface area (Å²) in [7, 11) is 1.38. The normalized spacial score (nSPS) is 10.5. The molecule has 1 rings (SSSR count). The van der Waals surface area contributed by atoms with E-state index in [0.717, 1.165) is 0 Å². The van der Waals surface area contributed by atoms with Crippen LogP contribution < -0.4 is 4.74 Å². The van der Waals surface area contributed by atoms with E-state index in [-0.39, 0.29) is 18.4 Å². The molecule has 1 aromatic rings. The molecule has 88 valence electrons. The molecule has 16 heavy (non-hydrogen) atoms. The number of halogens is 2. The van der Waals surface area contributed by atoms with Gasteiger partial charge in [-0.15, -0.1) is 0 Å². The van der Waals surface area contributed by atoms with Crippen LogP contribution in [0.5, 0.6) is 5.75 Å². The molecule has 0 saturated heterocycles. The average Bonchev–Trinajstić information content (AvgIpc) is 2.25. The van der Waals surface area contributed by atoms with E-state index in [1.54, 1.807) is 6.07 Å². The molecule has 0 aliphatic carbocycles. The molecule has 0 heterocycles. The molecule has 0 unspecified atom stereocenters. The van der Waals surface area contributed by atoms with Gasteiger partial charge < -0.3 is 9.84 Å². The first kappa shape index (κ1) is 12.4. The smallest absolute Gasteiger partial charge is 0.303 e. The molecule has 5 heteroatoms. The molecular formula is C11H12F2O3. The third-order valence-corrected chi connectivity index (χ3v) is 2.10.